The molecule has 2 aromatic carbocycles. The lowest BCUT2D eigenvalue weighted by atomic mass is 10.0. The van der Waals surface area contributed by atoms with Gasteiger partial charge in [0.15, 0.2) is 5.96 Å². The molecule has 0 saturated carbocycles. The minimum Gasteiger partial charge on any atom is -0.379 e. The molecule has 1 saturated heterocycles. The monoisotopic (exact) mass is 431 g/mol. The summed E-state index contributed by atoms with van der Waals surface area (Å²) in [7, 11) is 5.33. The van der Waals surface area contributed by atoms with Crippen molar-refractivity contribution in [3.8, 4) is 0 Å². The molecule has 1 heterocycles. The van der Waals surface area contributed by atoms with Gasteiger partial charge in [-0.15, -0.1) is 0 Å². The van der Waals surface area contributed by atoms with Crippen molar-refractivity contribution in [3.05, 3.63) is 65.2 Å². The van der Waals surface area contributed by atoms with Crippen LogP contribution in [-0.2, 0) is 11.3 Å². The quantitative estimate of drug-likeness (QED) is 0.522. The lowest BCUT2D eigenvalue weighted by Gasteiger charge is -2.35. The molecule has 0 aromatic heterocycles. The van der Waals surface area contributed by atoms with Crippen molar-refractivity contribution in [1.82, 2.24) is 15.5 Å². The smallest absolute Gasteiger partial charge is 0.191 e. The van der Waals surface area contributed by atoms with Crippen LogP contribution in [0.15, 0.2) is 47.5 Å². The number of halogens is 2. The molecule has 1 fully saturated rings. The van der Waals surface area contributed by atoms with Crippen molar-refractivity contribution >= 4 is 11.6 Å². The van der Waals surface area contributed by atoms with Crippen molar-refractivity contribution in [3.63, 3.8) is 0 Å². The summed E-state index contributed by atoms with van der Waals surface area (Å²) >= 11 is 0. The number of hydrogen-bond donors (Lipinski definition) is 2. The van der Waals surface area contributed by atoms with Gasteiger partial charge in [0, 0.05) is 47.3 Å². The van der Waals surface area contributed by atoms with Crippen molar-refractivity contribution in [2.24, 2.45) is 4.99 Å². The Labute approximate surface area is 182 Å². The molecule has 2 aromatic rings. The molecule has 0 bridgehead atoms. The Balaban J connectivity index is 1.62. The maximum atomic E-state index is 14.2. The average Bonchev–Trinajstić information content (AvgIpc) is 2.77. The molecule has 0 radical (unpaired) electrons. The Morgan fingerprint density at radius 1 is 1.10 bits per heavy atom. The van der Waals surface area contributed by atoms with Crippen LogP contribution in [0.2, 0.25) is 0 Å². The number of morpholine rings is 1. The summed E-state index contributed by atoms with van der Waals surface area (Å²) in [5.41, 5.74) is 2.42. The maximum absolute atomic E-state index is 14.2. The summed E-state index contributed by atoms with van der Waals surface area (Å²) in [4.78, 5) is 8.36. The van der Waals surface area contributed by atoms with Gasteiger partial charge in [-0.25, -0.2) is 8.78 Å². The highest BCUT2D eigenvalue weighted by atomic mass is 19.1. The zero-order chi connectivity index (χ0) is 22.2. The summed E-state index contributed by atoms with van der Waals surface area (Å²) < 4.78 is 33.1. The fourth-order valence-electron chi connectivity index (χ4n) is 3.65. The van der Waals surface area contributed by atoms with Gasteiger partial charge in [0.05, 0.1) is 24.9 Å². The van der Waals surface area contributed by atoms with Crippen molar-refractivity contribution in [2.45, 2.75) is 12.6 Å². The van der Waals surface area contributed by atoms with E-state index in [9.17, 15) is 8.78 Å². The van der Waals surface area contributed by atoms with E-state index in [4.69, 9.17) is 4.74 Å². The zero-order valence-corrected chi connectivity index (χ0v) is 18.4. The number of nitrogens with one attached hydrogen (secondary N) is 2. The lowest BCUT2D eigenvalue weighted by Crippen LogP contribution is -2.46. The molecule has 3 rings (SSSR count). The van der Waals surface area contributed by atoms with Crippen LogP contribution < -0.4 is 15.5 Å². The highest BCUT2D eigenvalue weighted by Gasteiger charge is 2.23. The van der Waals surface area contributed by atoms with Gasteiger partial charge in [-0.1, -0.05) is 18.2 Å². The van der Waals surface area contributed by atoms with E-state index in [1.165, 1.54) is 18.2 Å². The molecule has 31 heavy (non-hydrogen) atoms. The molecule has 168 valence electrons. The van der Waals surface area contributed by atoms with Crippen LogP contribution in [0, 0.1) is 11.6 Å². The van der Waals surface area contributed by atoms with Crippen molar-refractivity contribution in [2.75, 3.05) is 58.9 Å². The molecule has 8 heteroatoms. The van der Waals surface area contributed by atoms with E-state index < -0.39 is 0 Å². The largest absolute Gasteiger partial charge is 0.379 e. The highest BCUT2D eigenvalue weighted by molar-refractivity contribution is 5.79. The Morgan fingerprint density at radius 3 is 2.42 bits per heavy atom. The maximum Gasteiger partial charge on any atom is 0.191 e. The minimum absolute atomic E-state index is 0.0554. The first kappa shape index (κ1) is 23.0. The van der Waals surface area contributed by atoms with Gasteiger partial charge < -0.3 is 20.3 Å². The van der Waals surface area contributed by atoms with E-state index in [0.29, 0.717) is 38.0 Å². The third kappa shape index (κ3) is 6.38. The number of nitrogens with zero attached hydrogens (tertiary/aromatic N) is 3. The second-order valence-electron chi connectivity index (χ2n) is 7.70. The third-order valence-corrected chi connectivity index (χ3v) is 5.38. The molecule has 0 aliphatic carbocycles. The average molecular weight is 432 g/mol. The van der Waals surface area contributed by atoms with Crippen molar-refractivity contribution < 1.29 is 13.5 Å². The first-order valence-electron chi connectivity index (χ1n) is 10.5. The fourth-order valence-corrected chi connectivity index (χ4v) is 3.65. The first-order valence-corrected chi connectivity index (χ1v) is 10.5. The summed E-state index contributed by atoms with van der Waals surface area (Å²) in [5, 5.41) is 6.59. The van der Waals surface area contributed by atoms with Gasteiger partial charge >= 0.3 is 0 Å². The Bertz CT molecular complexity index is 867. The number of anilines is 1. The molecular formula is C23H31F2N5O. The van der Waals surface area contributed by atoms with Gasteiger partial charge in [-0.2, -0.15) is 0 Å². The van der Waals surface area contributed by atoms with E-state index in [0.717, 1.165) is 24.2 Å². The summed E-state index contributed by atoms with van der Waals surface area (Å²) in [6.07, 6.45) is 0. The van der Waals surface area contributed by atoms with E-state index in [2.05, 4.69) is 20.5 Å². The minimum atomic E-state index is -0.254. The molecule has 1 aliphatic heterocycles. The second kappa shape index (κ2) is 11.1. The van der Waals surface area contributed by atoms with Crippen molar-refractivity contribution in [1.29, 1.82) is 0 Å². The Kier molecular flexibility index (Phi) is 8.20. The number of aliphatic imine (C=N–C) groups is 1. The van der Waals surface area contributed by atoms with Crippen LogP contribution in [0.25, 0.3) is 0 Å². The SMILES string of the molecule is CN=C(NCc1ccc(N(C)C)c(F)c1)NCC(c1ccc(F)cc1)N1CCOCC1. The standard InChI is InChI=1S/C23H31F2N5O/c1-26-23(27-15-17-4-9-21(29(2)3)20(25)14-17)28-16-22(30-10-12-31-13-11-30)18-5-7-19(24)8-6-18/h4-9,14,22H,10-13,15-16H2,1-3H3,(H2,26,27,28). The van der Waals surface area contributed by atoms with Crippen LogP contribution in [0.5, 0.6) is 0 Å². The zero-order valence-electron chi connectivity index (χ0n) is 18.4. The molecule has 1 unspecified atom stereocenters. The molecule has 1 atom stereocenters. The normalized spacial score (nSPS) is 16.1. The molecule has 2 N–H and O–H groups in total. The van der Waals surface area contributed by atoms with Gasteiger partial charge in [-0.3, -0.25) is 9.89 Å². The van der Waals surface area contributed by atoms with Gasteiger partial charge in [-0.05, 0) is 35.4 Å². The van der Waals surface area contributed by atoms with Gasteiger partial charge in [0.2, 0.25) is 0 Å². The van der Waals surface area contributed by atoms with Gasteiger partial charge in [0.1, 0.15) is 11.6 Å². The highest BCUT2D eigenvalue weighted by Crippen LogP contribution is 2.22. The lowest BCUT2D eigenvalue weighted by molar-refractivity contribution is 0.0170. The molecule has 0 spiro atoms. The summed E-state index contributed by atoms with van der Waals surface area (Å²) in [6, 6.07) is 11.9. The molecule has 1 aliphatic rings. The van der Waals surface area contributed by atoms with Crippen LogP contribution in [0.1, 0.15) is 17.2 Å². The fraction of sp³-hybridized carbons (Fsp3) is 0.435. The van der Waals surface area contributed by atoms with Crippen LogP contribution >= 0.6 is 0 Å². The van der Waals surface area contributed by atoms with E-state index >= 15 is 0 Å². The van der Waals surface area contributed by atoms with Crippen LogP contribution in [-0.4, -0.2) is 64.9 Å². The predicted octanol–water partition coefficient (Wildman–Crippen LogP) is 2.77. The summed E-state index contributed by atoms with van der Waals surface area (Å²) in [5.74, 6) is 0.121. The molecule has 0 amide bonds. The van der Waals surface area contributed by atoms with E-state index in [1.807, 2.05) is 32.3 Å². The Morgan fingerprint density at radius 2 is 1.81 bits per heavy atom. The Hall–Kier alpha value is -2.71. The predicted molar refractivity (Wildman–Crippen MR) is 120 cm³/mol. The number of guanidine groups is 1. The first-order chi connectivity index (χ1) is 15.0. The number of ether oxygens (including phenoxy) is 1. The molecular weight excluding hydrogens is 400 g/mol. The third-order valence-electron chi connectivity index (χ3n) is 5.38. The van der Waals surface area contributed by atoms with E-state index in [1.54, 1.807) is 18.0 Å². The summed E-state index contributed by atoms with van der Waals surface area (Å²) in [6.45, 7) is 4.03. The number of hydrogen-bond acceptors (Lipinski definition) is 4. The topological polar surface area (TPSA) is 52.1 Å². The molecule has 6 nitrogen and oxygen atoms in total. The van der Waals surface area contributed by atoms with Crippen LogP contribution in [0.4, 0.5) is 14.5 Å². The number of rotatable bonds is 7. The van der Waals surface area contributed by atoms with E-state index in [-0.39, 0.29) is 17.7 Å². The second-order valence-corrected chi connectivity index (χ2v) is 7.70. The number of benzene rings is 2. The van der Waals surface area contributed by atoms with Crippen LogP contribution in [0.3, 0.4) is 0 Å². The van der Waals surface area contributed by atoms with Gasteiger partial charge in [0.25, 0.3) is 0 Å².